The van der Waals surface area contributed by atoms with Crippen LogP contribution in [-0.2, 0) is 31.7 Å². The van der Waals surface area contributed by atoms with Crippen LogP contribution in [0, 0.1) is 0 Å². The zero-order valence-corrected chi connectivity index (χ0v) is 29.9. The molecule has 0 fully saturated rings. The summed E-state index contributed by atoms with van der Waals surface area (Å²) in [5.41, 5.74) is 1.37. The Morgan fingerprint density at radius 2 is 1.07 bits per heavy atom. The van der Waals surface area contributed by atoms with Gasteiger partial charge >= 0.3 is 12.4 Å². The third-order valence-corrected chi connectivity index (χ3v) is 11.4. The largest absolute Gasteiger partial charge is 0.494 e. The molecule has 0 saturated carbocycles. The third-order valence-electron chi connectivity index (χ3n) is 11.4. The smallest absolute Gasteiger partial charge is 0.416 e. The van der Waals surface area contributed by atoms with E-state index >= 15 is 0 Å². The highest BCUT2D eigenvalue weighted by atomic mass is 19.4. The van der Waals surface area contributed by atoms with Crippen molar-refractivity contribution in [2.75, 3.05) is 6.54 Å². The third kappa shape index (κ3) is 5.17. The molecule has 3 aromatic heterocycles. The van der Waals surface area contributed by atoms with Crippen LogP contribution < -0.4 is 0 Å². The van der Waals surface area contributed by atoms with Gasteiger partial charge in [-0.25, -0.2) is 9.97 Å². The lowest BCUT2D eigenvalue weighted by atomic mass is 9.84. The molecule has 9 aromatic rings. The van der Waals surface area contributed by atoms with Gasteiger partial charge in [0, 0.05) is 51.0 Å². The Kier molecular flexibility index (Phi) is 7.65. The van der Waals surface area contributed by atoms with Crippen molar-refractivity contribution in [3.63, 3.8) is 0 Å². The summed E-state index contributed by atoms with van der Waals surface area (Å²) in [6.45, 7) is -0.153. The predicted octanol–water partition coefficient (Wildman–Crippen LogP) is 10.0. The molecule has 1 amide bonds. The number of amides is 1. The second-order valence-corrected chi connectivity index (χ2v) is 14.6. The van der Waals surface area contributed by atoms with Crippen LogP contribution >= 0.6 is 0 Å². The van der Waals surface area contributed by atoms with E-state index in [0.717, 1.165) is 24.3 Å². The van der Waals surface area contributed by atoms with E-state index < -0.39 is 41.5 Å². The first-order chi connectivity index (χ1) is 27.7. The number of alkyl halides is 6. The van der Waals surface area contributed by atoms with Gasteiger partial charge in [0.1, 0.15) is 0 Å². The average Bonchev–Trinajstić information content (AvgIpc) is 3.77. The van der Waals surface area contributed by atoms with E-state index in [1.165, 1.54) is 33.7 Å². The highest BCUT2D eigenvalue weighted by Crippen LogP contribution is 2.54. The van der Waals surface area contributed by atoms with Gasteiger partial charge in [0.2, 0.25) is 11.8 Å². The lowest BCUT2D eigenvalue weighted by molar-refractivity contribution is -0.138. The van der Waals surface area contributed by atoms with E-state index in [2.05, 4.69) is 0 Å². The van der Waals surface area contributed by atoms with Crippen LogP contribution in [0.4, 0.5) is 26.3 Å². The van der Waals surface area contributed by atoms with E-state index in [0.29, 0.717) is 43.7 Å². The molecule has 1 aliphatic heterocycles. The van der Waals surface area contributed by atoms with Crippen molar-refractivity contribution in [3.05, 3.63) is 130 Å². The van der Waals surface area contributed by atoms with Gasteiger partial charge in [0.15, 0.2) is 6.23 Å². The number of aryl methyl sites for hydroxylation is 1. The van der Waals surface area contributed by atoms with Crippen LogP contribution in [0.25, 0.3) is 65.2 Å². The minimum absolute atomic E-state index is 0.0674. The number of para-hydroxylation sites is 2. The Hall–Kier alpha value is -6.67. The molecule has 6 aromatic carbocycles. The second-order valence-electron chi connectivity index (χ2n) is 14.6. The highest BCUT2D eigenvalue weighted by molar-refractivity contribution is 6.41. The van der Waals surface area contributed by atoms with E-state index in [1.807, 2.05) is 0 Å². The fourth-order valence-corrected chi connectivity index (χ4v) is 8.65. The van der Waals surface area contributed by atoms with Gasteiger partial charge in [-0.3, -0.25) is 9.36 Å². The first-order valence-electron chi connectivity index (χ1n) is 18.3. The fraction of sp³-hybridized carbons (Fsp3) is 0.159. The average molecular weight is 791 g/mol. The molecule has 0 aliphatic carbocycles. The van der Waals surface area contributed by atoms with Crippen molar-refractivity contribution in [1.29, 1.82) is 0 Å². The van der Waals surface area contributed by atoms with Crippen molar-refractivity contribution in [2.24, 2.45) is 0 Å². The Morgan fingerprint density at radius 1 is 0.569 bits per heavy atom. The number of fused-ring (bicyclic) bond motifs is 10. The van der Waals surface area contributed by atoms with Crippen LogP contribution in [0.2, 0.25) is 0 Å². The number of hydrogen-bond donors (Lipinski definition) is 3. The molecule has 4 heterocycles. The number of aromatic nitrogens is 3. The summed E-state index contributed by atoms with van der Waals surface area (Å²) in [5.74, 6) is -1.39. The zero-order chi connectivity index (χ0) is 40.4. The predicted molar refractivity (Wildman–Crippen MR) is 206 cm³/mol. The Balaban J connectivity index is 1.24. The lowest BCUT2D eigenvalue weighted by Crippen LogP contribution is -2.40. The number of pyridine rings is 1. The SMILES string of the molecule is O=C1c2c3c(c4nc5ccccc5c4c4c(O)n(CCc5ccc(C(F)(F)F)cc5)c(O)c(c5nc6ccccc6c25)c34)C(O)N1CCc1ccc(C(F)(F)F)cc1. The summed E-state index contributed by atoms with van der Waals surface area (Å²) >= 11 is 0. The molecule has 1 unspecified atom stereocenters. The number of benzene rings is 6. The summed E-state index contributed by atoms with van der Waals surface area (Å²) in [6.07, 6.45) is -10.4. The van der Waals surface area contributed by atoms with Gasteiger partial charge in [-0.05, 0) is 60.4 Å². The molecule has 290 valence electrons. The summed E-state index contributed by atoms with van der Waals surface area (Å²) in [5, 5.41) is 39.8. The topological polar surface area (TPSA) is 112 Å². The molecule has 8 nitrogen and oxygen atoms in total. The van der Waals surface area contributed by atoms with E-state index in [9.17, 15) is 46.5 Å². The summed E-state index contributed by atoms with van der Waals surface area (Å²) < 4.78 is 81.1. The molecular weight excluding hydrogens is 762 g/mol. The summed E-state index contributed by atoms with van der Waals surface area (Å²) in [6, 6.07) is 23.4. The first-order valence-corrected chi connectivity index (χ1v) is 18.3. The number of aliphatic hydroxyl groups excluding tert-OH is 1. The van der Waals surface area contributed by atoms with E-state index in [4.69, 9.17) is 9.97 Å². The maximum absolute atomic E-state index is 14.9. The van der Waals surface area contributed by atoms with Gasteiger partial charge in [-0.1, -0.05) is 60.7 Å². The van der Waals surface area contributed by atoms with Crippen molar-refractivity contribution >= 4 is 71.1 Å². The van der Waals surface area contributed by atoms with Crippen molar-refractivity contribution in [3.8, 4) is 11.8 Å². The molecule has 3 N–H and O–H groups in total. The number of carbonyl (C=O) groups is 1. The minimum Gasteiger partial charge on any atom is -0.494 e. The van der Waals surface area contributed by atoms with Gasteiger partial charge < -0.3 is 20.2 Å². The van der Waals surface area contributed by atoms with Gasteiger partial charge in [-0.2, -0.15) is 26.3 Å². The number of aromatic hydroxyl groups is 2. The lowest BCUT2D eigenvalue weighted by Gasteiger charge is -2.35. The van der Waals surface area contributed by atoms with Crippen molar-refractivity contribution in [1.82, 2.24) is 19.4 Å². The number of rotatable bonds is 6. The van der Waals surface area contributed by atoms with E-state index in [-0.39, 0.29) is 75.5 Å². The maximum Gasteiger partial charge on any atom is 0.416 e. The monoisotopic (exact) mass is 790 g/mol. The molecule has 0 radical (unpaired) electrons. The molecule has 58 heavy (non-hydrogen) atoms. The molecule has 1 aliphatic rings. The number of hydrogen-bond acceptors (Lipinski definition) is 6. The molecule has 1 atom stereocenters. The number of carbonyl (C=O) groups excluding carboxylic acids is 1. The van der Waals surface area contributed by atoms with Crippen LogP contribution in [-0.4, -0.2) is 47.2 Å². The molecule has 10 rings (SSSR count). The van der Waals surface area contributed by atoms with Crippen LogP contribution in [0.5, 0.6) is 11.8 Å². The fourth-order valence-electron chi connectivity index (χ4n) is 8.65. The number of halogens is 6. The number of nitrogens with zero attached hydrogens (tertiary/aromatic N) is 4. The molecule has 0 saturated heterocycles. The quantitative estimate of drug-likeness (QED) is 0.145. The van der Waals surface area contributed by atoms with Crippen molar-refractivity contribution < 1.29 is 46.5 Å². The summed E-state index contributed by atoms with van der Waals surface area (Å²) in [4.78, 5) is 26.0. The highest BCUT2D eigenvalue weighted by Gasteiger charge is 2.41. The van der Waals surface area contributed by atoms with Crippen LogP contribution in [0.15, 0.2) is 97.1 Å². The Labute approximate surface area is 323 Å². The standard InChI is InChI=1S/C44H28F6N4O4/c45-43(46,47)23-13-9-21(10-14-23)17-19-53-39(55)33-29-25-5-1-3-7-27(25)51-37(29)35-32-31(33)36(42(53)58)38-30(26-6-2-4-8-28(26)52-38)34(32)40(56)54(41(35)57)20-18-22-11-15-24(16-12-22)44(48,49)50/h1-16,41,55,57-58H,17-20H2. The van der Waals surface area contributed by atoms with E-state index in [1.54, 1.807) is 48.5 Å². The second kappa shape index (κ2) is 12.4. The van der Waals surface area contributed by atoms with Gasteiger partial charge in [0.05, 0.1) is 49.5 Å². The van der Waals surface area contributed by atoms with Gasteiger partial charge in [0.25, 0.3) is 5.91 Å². The van der Waals surface area contributed by atoms with Crippen molar-refractivity contribution in [2.45, 2.75) is 38.0 Å². The molecule has 0 bridgehead atoms. The first kappa shape index (κ1) is 35.7. The summed E-state index contributed by atoms with van der Waals surface area (Å²) in [7, 11) is 0. The van der Waals surface area contributed by atoms with Crippen LogP contribution in [0.3, 0.4) is 0 Å². The molecule has 14 heteroatoms. The normalized spacial score (nSPS) is 15.1. The zero-order valence-electron chi connectivity index (χ0n) is 29.9. The number of aliphatic hydroxyl groups is 1. The Bertz CT molecular complexity index is 3160. The molecular formula is C44H28F6N4O4. The maximum atomic E-state index is 14.9. The van der Waals surface area contributed by atoms with Crippen LogP contribution in [0.1, 0.15) is 44.4 Å². The molecule has 0 spiro atoms. The minimum atomic E-state index is -4.52. The Morgan fingerprint density at radius 3 is 1.64 bits per heavy atom. The van der Waals surface area contributed by atoms with Gasteiger partial charge in [-0.15, -0.1) is 0 Å².